The van der Waals surface area contributed by atoms with Crippen LogP contribution in [0.25, 0.3) is 11.4 Å². The zero-order valence-electron chi connectivity index (χ0n) is 14.4. The summed E-state index contributed by atoms with van der Waals surface area (Å²) in [5, 5.41) is 13.1. The Labute approximate surface area is 149 Å². The monoisotopic (exact) mass is 361 g/mol. The molecule has 1 amide bonds. The highest BCUT2D eigenvalue weighted by Gasteiger charge is 2.31. The first-order valence-corrected chi connectivity index (χ1v) is 8.57. The number of rotatable bonds is 5. The van der Waals surface area contributed by atoms with Crippen molar-refractivity contribution in [3.8, 4) is 11.4 Å². The largest absolute Gasteiger partial charge is 0.480 e. The van der Waals surface area contributed by atoms with Crippen molar-refractivity contribution in [2.45, 2.75) is 45.1 Å². The molecular formula is C18H20FN3O4. The SMILES string of the molecule is Cc1ccc(-c2noc(CCC(=O)N3CCCC[C@@H]3C(=O)O)n2)cc1F. The lowest BCUT2D eigenvalue weighted by Gasteiger charge is -2.32. The molecule has 3 rings (SSSR count). The molecule has 0 spiro atoms. The Morgan fingerprint density at radius 1 is 1.38 bits per heavy atom. The molecule has 26 heavy (non-hydrogen) atoms. The van der Waals surface area contributed by atoms with Gasteiger partial charge in [0.1, 0.15) is 11.9 Å². The van der Waals surface area contributed by atoms with Crippen molar-refractivity contribution < 1.29 is 23.6 Å². The van der Waals surface area contributed by atoms with Gasteiger partial charge in [0, 0.05) is 24.9 Å². The number of piperidine rings is 1. The first-order valence-electron chi connectivity index (χ1n) is 8.57. The minimum absolute atomic E-state index is 0.0909. The third kappa shape index (κ3) is 3.89. The summed E-state index contributed by atoms with van der Waals surface area (Å²) >= 11 is 0. The van der Waals surface area contributed by atoms with Crippen LogP contribution in [0.4, 0.5) is 4.39 Å². The van der Waals surface area contributed by atoms with Gasteiger partial charge >= 0.3 is 5.97 Å². The summed E-state index contributed by atoms with van der Waals surface area (Å²) in [4.78, 5) is 29.3. The number of likely N-dealkylation sites (tertiary alicyclic amines) is 1. The van der Waals surface area contributed by atoms with Crippen molar-refractivity contribution in [1.82, 2.24) is 15.0 Å². The molecule has 7 nitrogen and oxygen atoms in total. The number of carboxylic acid groups (broad SMARTS) is 1. The molecule has 2 heterocycles. The number of carbonyl (C=O) groups is 2. The number of benzene rings is 1. The van der Waals surface area contributed by atoms with Crippen LogP contribution in [-0.2, 0) is 16.0 Å². The second-order valence-electron chi connectivity index (χ2n) is 6.41. The molecule has 1 atom stereocenters. The van der Waals surface area contributed by atoms with E-state index in [0.29, 0.717) is 24.1 Å². The van der Waals surface area contributed by atoms with E-state index in [0.717, 1.165) is 12.8 Å². The standard InChI is InChI=1S/C18H20FN3O4/c1-11-5-6-12(10-13(11)19)17-20-15(26-21-17)7-8-16(23)22-9-3-2-4-14(22)18(24)25/h5-6,10,14H,2-4,7-9H2,1H3,(H,24,25)/t14-/m1/s1. The van der Waals surface area contributed by atoms with Gasteiger partial charge in [0.05, 0.1) is 0 Å². The molecule has 1 fully saturated rings. The smallest absolute Gasteiger partial charge is 0.326 e. The van der Waals surface area contributed by atoms with E-state index in [2.05, 4.69) is 10.1 Å². The lowest BCUT2D eigenvalue weighted by atomic mass is 10.0. The van der Waals surface area contributed by atoms with E-state index in [1.54, 1.807) is 19.1 Å². The lowest BCUT2D eigenvalue weighted by Crippen LogP contribution is -2.48. The van der Waals surface area contributed by atoms with Crippen molar-refractivity contribution in [3.05, 3.63) is 35.5 Å². The minimum Gasteiger partial charge on any atom is -0.480 e. The predicted molar refractivity (Wildman–Crippen MR) is 89.7 cm³/mol. The van der Waals surface area contributed by atoms with E-state index >= 15 is 0 Å². The molecule has 0 saturated carbocycles. The van der Waals surface area contributed by atoms with Crippen LogP contribution in [0.1, 0.15) is 37.1 Å². The zero-order chi connectivity index (χ0) is 18.7. The Morgan fingerprint density at radius 2 is 2.19 bits per heavy atom. The van der Waals surface area contributed by atoms with Gasteiger partial charge in [-0.15, -0.1) is 0 Å². The first kappa shape index (κ1) is 18.0. The van der Waals surface area contributed by atoms with Gasteiger partial charge in [-0.05, 0) is 37.8 Å². The van der Waals surface area contributed by atoms with Crippen LogP contribution < -0.4 is 0 Å². The van der Waals surface area contributed by atoms with Crippen molar-refractivity contribution in [2.75, 3.05) is 6.54 Å². The third-order valence-corrected chi connectivity index (χ3v) is 4.56. The summed E-state index contributed by atoms with van der Waals surface area (Å²) in [7, 11) is 0. The molecule has 1 aromatic heterocycles. The molecule has 1 aliphatic heterocycles. The normalized spacial score (nSPS) is 17.3. The highest BCUT2D eigenvalue weighted by atomic mass is 19.1. The summed E-state index contributed by atoms with van der Waals surface area (Å²) in [6.45, 7) is 2.12. The maximum atomic E-state index is 13.6. The Kier molecular flexibility index (Phi) is 5.29. The average molecular weight is 361 g/mol. The van der Waals surface area contributed by atoms with Gasteiger partial charge < -0.3 is 14.5 Å². The van der Waals surface area contributed by atoms with Crippen LogP contribution >= 0.6 is 0 Å². The van der Waals surface area contributed by atoms with Crippen LogP contribution in [0, 0.1) is 12.7 Å². The number of aliphatic carboxylic acids is 1. The number of hydrogen-bond donors (Lipinski definition) is 1. The van der Waals surface area contributed by atoms with Gasteiger partial charge in [0.25, 0.3) is 0 Å². The first-order chi connectivity index (χ1) is 12.5. The number of amides is 1. The molecule has 0 radical (unpaired) electrons. The summed E-state index contributed by atoms with van der Waals surface area (Å²) in [6, 6.07) is 3.90. The van der Waals surface area contributed by atoms with Crippen LogP contribution in [0.5, 0.6) is 0 Å². The number of aryl methyl sites for hydroxylation is 2. The number of nitrogens with zero attached hydrogens (tertiary/aromatic N) is 3. The van der Waals surface area contributed by atoms with E-state index in [4.69, 9.17) is 4.52 Å². The molecular weight excluding hydrogens is 341 g/mol. The number of carboxylic acids is 1. The van der Waals surface area contributed by atoms with Crippen molar-refractivity contribution >= 4 is 11.9 Å². The highest BCUT2D eigenvalue weighted by Crippen LogP contribution is 2.21. The van der Waals surface area contributed by atoms with Gasteiger partial charge in [-0.3, -0.25) is 4.79 Å². The third-order valence-electron chi connectivity index (χ3n) is 4.56. The summed E-state index contributed by atoms with van der Waals surface area (Å²) in [5.41, 5.74) is 1.02. The molecule has 1 N–H and O–H groups in total. The number of aromatic nitrogens is 2. The molecule has 0 bridgehead atoms. The summed E-state index contributed by atoms with van der Waals surface area (Å²) in [5.74, 6) is -1.04. The zero-order valence-corrected chi connectivity index (χ0v) is 14.4. The number of carbonyl (C=O) groups excluding carboxylic acids is 1. The van der Waals surface area contributed by atoms with Gasteiger partial charge in [-0.25, -0.2) is 9.18 Å². The van der Waals surface area contributed by atoms with Crippen LogP contribution in [0.2, 0.25) is 0 Å². The fraction of sp³-hybridized carbons (Fsp3) is 0.444. The van der Waals surface area contributed by atoms with E-state index in [-0.39, 0.29) is 36.3 Å². The maximum Gasteiger partial charge on any atom is 0.326 e. The molecule has 138 valence electrons. The Morgan fingerprint density at radius 3 is 2.92 bits per heavy atom. The molecule has 8 heteroatoms. The van der Waals surface area contributed by atoms with Crippen LogP contribution in [-0.4, -0.2) is 44.6 Å². The van der Waals surface area contributed by atoms with Crippen molar-refractivity contribution in [2.24, 2.45) is 0 Å². The second kappa shape index (κ2) is 7.63. The average Bonchev–Trinajstić information content (AvgIpc) is 3.11. The molecule has 1 saturated heterocycles. The lowest BCUT2D eigenvalue weighted by molar-refractivity contribution is -0.152. The Hall–Kier alpha value is -2.77. The Balaban J connectivity index is 1.63. The van der Waals surface area contributed by atoms with E-state index in [1.807, 2.05) is 0 Å². The minimum atomic E-state index is -0.973. The van der Waals surface area contributed by atoms with Gasteiger partial charge in [-0.1, -0.05) is 17.3 Å². The summed E-state index contributed by atoms with van der Waals surface area (Å²) in [6.07, 6.45) is 2.39. The summed E-state index contributed by atoms with van der Waals surface area (Å²) < 4.78 is 18.8. The molecule has 0 aliphatic carbocycles. The predicted octanol–water partition coefficient (Wildman–Crippen LogP) is 2.58. The molecule has 0 unspecified atom stereocenters. The molecule has 2 aromatic rings. The fourth-order valence-corrected chi connectivity index (χ4v) is 3.05. The quantitative estimate of drug-likeness (QED) is 0.879. The van der Waals surface area contributed by atoms with E-state index in [9.17, 15) is 19.1 Å². The second-order valence-corrected chi connectivity index (χ2v) is 6.41. The van der Waals surface area contributed by atoms with Gasteiger partial charge in [0.2, 0.25) is 17.6 Å². The number of halogens is 1. The van der Waals surface area contributed by atoms with E-state index < -0.39 is 12.0 Å². The van der Waals surface area contributed by atoms with Crippen LogP contribution in [0.15, 0.2) is 22.7 Å². The van der Waals surface area contributed by atoms with Gasteiger partial charge in [0.15, 0.2) is 0 Å². The topological polar surface area (TPSA) is 96.5 Å². The van der Waals surface area contributed by atoms with Crippen LogP contribution in [0.3, 0.4) is 0 Å². The Bertz CT molecular complexity index is 821. The maximum absolute atomic E-state index is 13.6. The van der Waals surface area contributed by atoms with Crippen molar-refractivity contribution in [3.63, 3.8) is 0 Å². The number of hydrogen-bond acceptors (Lipinski definition) is 5. The molecule has 1 aliphatic rings. The van der Waals surface area contributed by atoms with Crippen molar-refractivity contribution in [1.29, 1.82) is 0 Å². The fourth-order valence-electron chi connectivity index (χ4n) is 3.05. The van der Waals surface area contributed by atoms with E-state index in [1.165, 1.54) is 11.0 Å². The molecule has 1 aromatic carbocycles. The van der Waals surface area contributed by atoms with Gasteiger partial charge in [-0.2, -0.15) is 4.98 Å². The highest BCUT2D eigenvalue weighted by molar-refractivity contribution is 5.84.